The number of allylic oxidation sites excluding steroid dienone is 2. The second-order valence-corrected chi connectivity index (χ2v) is 4.51. The van der Waals surface area contributed by atoms with E-state index < -0.39 is 0 Å². The van der Waals surface area contributed by atoms with Crippen molar-refractivity contribution >= 4 is 0 Å². The third-order valence-corrected chi connectivity index (χ3v) is 2.65. The molecule has 0 N–H and O–H groups in total. The molecule has 0 bridgehead atoms. The zero-order valence-electron chi connectivity index (χ0n) is 11.3. The van der Waals surface area contributed by atoms with Crippen molar-refractivity contribution in [2.45, 2.75) is 40.0 Å². The van der Waals surface area contributed by atoms with E-state index >= 15 is 0 Å². The molecule has 0 aliphatic rings. The van der Waals surface area contributed by atoms with Crippen LogP contribution in [0.1, 0.15) is 39.2 Å². The molecular weight excluding hydrogens is 208 g/mol. The van der Waals surface area contributed by atoms with Crippen molar-refractivity contribution in [2.75, 3.05) is 6.61 Å². The van der Waals surface area contributed by atoms with Crippen LogP contribution in [0.5, 0.6) is 5.75 Å². The minimum absolute atomic E-state index is 0.609. The molecule has 0 saturated heterocycles. The van der Waals surface area contributed by atoms with Gasteiger partial charge in [-0.05, 0) is 42.9 Å². The van der Waals surface area contributed by atoms with E-state index in [4.69, 9.17) is 4.74 Å². The van der Waals surface area contributed by atoms with Gasteiger partial charge < -0.3 is 4.74 Å². The van der Waals surface area contributed by atoms with Gasteiger partial charge >= 0.3 is 0 Å². The van der Waals surface area contributed by atoms with Crippen LogP contribution in [0.4, 0.5) is 0 Å². The molecule has 94 valence electrons. The van der Waals surface area contributed by atoms with Gasteiger partial charge in [-0.1, -0.05) is 45.1 Å². The van der Waals surface area contributed by atoms with Crippen molar-refractivity contribution in [1.29, 1.82) is 0 Å². The lowest BCUT2D eigenvalue weighted by molar-refractivity contribution is 0.317. The number of rotatable bonds is 7. The largest absolute Gasteiger partial charge is 0.494 e. The molecule has 1 aromatic carbocycles. The maximum Gasteiger partial charge on any atom is 0.119 e. The van der Waals surface area contributed by atoms with Gasteiger partial charge in [-0.3, -0.25) is 0 Å². The third kappa shape index (κ3) is 5.58. The van der Waals surface area contributed by atoms with E-state index in [1.54, 1.807) is 0 Å². The normalized spacial score (nSPS) is 12.9. The Kier molecular flexibility index (Phi) is 6.46. The molecule has 1 aromatic rings. The SMILES string of the molecule is CC/C=C\C(C)Cc1ccc(OCCC)cc1. The second-order valence-electron chi connectivity index (χ2n) is 4.51. The number of hydrogen-bond donors (Lipinski definition) is 0. The fourth-order valence-electron chi connectivity index (χ4n) is 1.75. The molecule has 0 spiro atoms. The van der Waals surface area contributed by atoms with E-state index in [1.165, 1.54) is 5.56 Å². The summed E-state index contributed by atoms with van der Waals surface area (Å²) in [6.45, 7) is 7.35. The van der Waals surface area contributed by atoms with Crippen molar-refractivity contribution in [1.82, 2.24) is 0 Å². The predicted molar refractivity (Wildman–Crippen MR) is 74.5 cm³/mol. The zero-order valence-corrected chi connectivity index (χ0v) is 11.3. The first kappa shape index (κ1) is 13.8. The summed E-state index contributed by atoms with van der Waals surface area (Å²) in [5.41, 5.74) is 1.38. The van der Waals surface area contributed by atoms with Crippen LogP contribution in [0.3, 0.4) is 0 Å². The van der Waals surface area contributed by atoms with Gasteiger partial charge in [0.25, 0.3) is 0 Å². The monoisotopic (exact) mass is 232 g/mol. The molecule has 1 unspecified atom stereocenters. The van der Waals surface area contributed by atoms with Crippen LogP contribution in [-0.4, -0.2) is 6.61 Å². The van der Waals surface area contributed by atoms with E-state index in [2.05, 4.69) is 57.2 Å². The third-order valence-electron chi connectivity index (χ3n) is 2.65. The highest BCUT2D eigenvalue weighted by Gasteiger charge is 2.00. The standard InChI is InChI=1S/C16H24O/c1-4-6-7-14(3)13-15-8-10-16(11-9-15)17-12-5-2/h6-11,14H,4-5,12-13H2,1-3H3/b7-6-. The maximum atomic E-state index is 5.57. The van der Waals surface area contributed by atoms with Gasteiger partial charge in [0, 0.05) is 0 Å². The summed E-state index contributed by atoms with van der Waals surface area (Å²) < 4.78 is 5.57. The van der Waals surface area contributed by atoms with Crippen molar-refractivity contribution in [2.24, 2.45) is 5.92 Å². The van der Waals surface area contributed by atoms with Crippen LogP contribution in [0.25, 0.3) is 0 Å². The average Bonchev–Trinajstić information content (AvgIpc) is 2.35. The fraction of sp³-hybridized carbons (Fsp3) is 0.500. The molecule has 0 aliphatic heterocycles. The van der Waals surface area contributed by atoms with Gasteiger partial charge in [-0.15, -0.1) is 0 Å². The fourth-order valence-corrected chi connectivity index (χ4v) is 1.75. The van der Waals surface area contributed by atoms with Crippen LogP contribution in [0.15, 0.2) is 36.4 Å². The first-order chi connectivity index (χ1) is 8.26. The van der Waals surface area contributed by atoms with E-state index in [9.17, 15) is 0 Å². The number of benzene rings is 1. The second kappa shape index (κ2) is 7.94. The first-order valence-electron chi connectivity index (χ1n) is 6.64. The van der Waals surface area contributed by atoms with Crippen molar-refractivity contribution in [3.8, 4) is 5.75 Å². The lowest BCUT2D eigenvalue weighted by Crippen LogP contribution is -1.97. The molecule has 0 fully saturated rings. The first-order valence-corrected chi connectivity index (χ1v) is 6.64. The summed E-state index contributed by atoms with van der Waals surface area (Å²) in [5, 5.41) is 0. The zero-order chi connectivity index (χ0) is 12.5. The van der Waals surface area contributed by atoms with E-state index in [1.807, 2.05) is 0 Å². The maximum absolute atomic E-state index is 5.57. The molecular formula is C16H24O. The van der Waals surface area contributed by atoms with Crippen molar-refractivity contribution < 1.29 is 4.74 Å². The molecule has 1 rings (SSSR count). The Morgan fingerprint density at radius 3 is 2.47 bits per heavy atom. The molecule has 17 heavy (non-hydrogen) atoms. The van der Waals surface area contributed by atoms with Crippen LogP contribution >= 0.6 is 0 Å². The van der Waals surface area contributed by atoms with Gasteiger partial charge in [0.15, 0.2) is 0 Å². The Balaban J connectivity index is 2.47. The molecule has 1 atom stereocenters. The molecule has 0 aliphatic carbocycles. The molecule has 0 amide bonds. The van der Waals surface area contributed by atoms with Crippen LogP contribution in [0, 0.1) is 5.92 Å². The summed E-state index contributed by atoms with van der Waals surface area (Å²) in [5.74, 6) is 1.59. The minimum atomic E-state index is 0.609. The highest BCUT2D eigenvalue weighted by molar-refractivity contribution is 5.27. The van der Waals surface area contributed by atoms with Gasteiger partial charge in [0.1, 0.15) is 5.75 Å². The van der Waals surface area contributed by atoms with Crippen molar-refractivity contribution in [3.63, 3.8) is 0 Å². The minimum Gasteiger partial charge on any atom is -0.494 e. The summed E-state index contributed by atoms with van der Waals surface area (Å²) in [6, 6.07) is 8.48. The smallest absolute Gasteiger partial charge is 0.119 e. The number of ether oxygens (including phenoxy) is 1. The molecule has 0 heterocycles. The van der Waals surface area contributed by atoms with Gasteiger partial charge in [0.05, 0.1) is 6.61 Å². The van der Waals surface area contributed by atoms with Crippen LogP contribution < -0.4 is 4.74 Å². The average molecular weight is 232 g/mol. The number of hydrogen-bond acceptors (Lipinski definition) is 1. The quantitative estimate of drug-likeness (QED) is 0.623. The molecule has 1 nitrogen and oxygen atoms in total. The highest BCUT2D eigenvalue weighted by atomic mass is 16.5. The van der Waals surface area contributed by atoms with E-state index in [-0.39, 0.29) is 0 Å². The molecule has 1 heteroatoms. The van der Waals surface area contributed by atoms with Crippen LogP contribution in [0.2, 0.25) is 0 Å². The van der Waals surface area contributed by atoms with Gasteiger partial charge in [-0.2, -0.15) is 0 Å². The summed E-state index contributed by atoms with van der Waals surface area (Å²) in [6.07, 6.45) is 7.81. The Labute approximate surface area is 106 Å². The Bertz CT molecular complexity index is 324. The summed E-state index contributed by atoms with van der Waals surface area (Å²) >= 11 is 0. The highest BCUT2D eigenvalue weighted by Crippen LogP contribution is 2.16. The predicted octanol–water partition coefficient (Wildman–Crippen LogP) is 4.62. The Morgan fingerprint density at radius 1 is 1.18 bits per heavy atom. The Morgan fingerprint density at radius 2 is 1.88 bits per heavy atom. The summed E-state index contributed by atoms with van der Waals surface area (Å²) in [4.78, 5) is 0. The molecule has 0 saturated carbocycles. The lowest BCUT2D eigenvalue weighted by Gasteiger charge is -2.08. The van der Waals surface area contributed by atoms with Crippen LogP contribution in [-0.2, 0) is 6.42 Å². The topological polar surface area (TPSA) is 9.23 Å². The molecule has 0 radical (unpaired) electrons. The Hall–Kier alpha value is -1.24. The summed E-state index contributed by atoms with van der Waals surface area (Å²) in [7, 11) is 0. The van der Waals surface area contributed by atoms with Gasteiger partial charge in [0.2, 0.25) is 0 Å². The van der Waals surface area contributed by atoms with Gasteiger partial charge in [-0.25, -0.2) is 0 Å². The molecule has 0 aromatic heterocycles. The van der Waals surface area contributed by atoms with Crippen molar-refractivity contribution in [3.05, 3.63) is 42.0 Å². The lowest BCUT2D eigenvalue weighted by atomic mass is 10.0. The van der Waals surface area contributed by atoms with E-state index in [0.717, 1.165) is 31.6 Å². The van der Waals surface area contributed by atoms with E-state index in [0.29, 0.717) is 5.92 Å².